The van der Waals surface area contributed by atoms with Crippen molar-refractivity contribution in [2.75, 3.05) is 18.5 Å². The van der Waals surface area contributed by atoms with E-state index in [1.54, 1.807) is 6.20 Å². The van der Waals surface area contributed by atoms with Crippen molar-refractivity contribution < 1.29 is 24.2 Å². The number of hydrogen-bond donors (Lipinski definition) is 3. The van der Waals surface area contributed by atoms with Gasteiger partial charge in [-0.15, -0.1) is 0 Å². The number of nitrogens with zero attached hydrogens (tertiary/aromatic N) is 4. The Kier molecular flexibility index (Phi) is 6.04. The van der Waals surface area contributed by atoms with Crippen LogP contribution in [-0.4, -0.2) is 61.7 Å². The van der Waals surface area contributed by atoms with Gasteiger partial charge in [0.05, 0.1) is 11.8 Å². The van der Waals surface area contributed by atoms with Crippen LogP contribution in [0.5, 0.6) is 0 Å². The minimum absolute atomic E-state index is 0.0133. The molecule has 1 saturated heterocycles. The molecule has 0 radical (unpaired) electrons. The van der Waals surface area contributed by atoms with E-state index < -0.39 is 24.3 Å². The van der Waals surface area contributed by atoms with Gasteiger partial charge in [0, 0.05) is 32.1 Å². The fourth-order valence-corrected chi connectivity index (χ4v) is 2.90. The lowest BCUT2D eigenvalue weighted by atomic mass is 10.2. The molecule has 0 aromatic carbocycles. The molecule has 150 valence electrons. The molecule has 3 heterocycles. The first-order valence-electron chi connectivity index (χ1n) is 9.00. The number of carbonyl (C=O) groups excluding carboxylic acids is 2. The summed E-state index contributed by atoms with van der Waals surface area (Å²) in [6.07, 6.45) is 4.73. The lowest BCUT2D eigenvalue weighted by Gasteiger charge is -2.11. The molecule has 1 atom stereocenters. The molecule has 1 aliphatic heterocycles. The maximum absolute atomic E-state index is 12.6. The Labute approximate surface area is 160 Å². The van der Waals surface area contributed by atoms with Gasteiger partial charge < -0.3 is 20.5 Å². The smallest absolute Gasteiger partial charge is 0.325 e. The van der Waals surface area contributed by atoms with Crippen molar-refractivity contribution in [2.45, 2.75) is 39.0 Å². The highest BCUT2D eigenvalue weighted by Gasteiger charge is 2.23. The topological polar surface area (TPSA) is 140 Å². The predicted molar refractivity (Wildman–Crippen MR) is 97.0 cm³/mol. The van der Waals surface area contributed by atoms with E-state index in [1.807, 2.05) is 6.92 Å². The molecule has 3 rings (SSSR count). The van der Waals surface area contributed by atoms with E-state index in [4.69, 9.17) is 9.84 Å². The second-order valence-electron chi connectivity index (χ2n) is 6.31. The third-order valence-corrected chi connectivity index (χ3v) is 4.30. The number of amides is 2. The van der Waals surface area contributed by atoms with E-state index in [2.05, 4.69) is 20.8 Å². The zero-order chi connectivity index (χ0) is 20.1. The van der Waals surface area contributed by atoms with Crippen molar-refractivity contribution >= 4 is 23.5 Å². The minimum Gasteiger partial charge on any atom is -0.480 e. The third-order valence-electron chi connectivity index (χ3n) is 4.30. The van der Waals surface area contributed by atoms with Crippen LogP contribution in [0.3, 0.4) is 0 Å². The lowest BCUT2D eigenvalue weighted by molar-refractivity contribution is -0.137. The normalized spacial score (nSPS) is 16.1. The van der Waals surface area contributed by atoms with Crippen LogP contribution in [0, 0.1) is 0 Å². The number of nitrogens with one attached hydrogen (secondary N) is 2. The summed E-state index contributed by atoms with van der Waals surface area (Å²) in [5, 5.41) is 22.4. The van der Waals surface area contributed by atoms with Crippen LogP contribution in [0.25, 0.3) is 0 Å². The highest BCUT2D eigenvalue weighted by molar-refractivity contribution is 6.07. The zero-order valence-corrected chi connectivity index (χ0v) is 15.4. The Hall–Kier alpha value is -3.21. The van der Waals surface area contributed by atoms with Crippen LogP contribution in [0.1, 0.15) is 40.7 Å². The fourth-order valence-electron chi connectivity index (χ4n) is 2.90. The molecule has 2 amide bonds. The Balaban J connectivity index is 1.73. The molecule has 3 N–H and O–H groups in total. The number of anilines is 1. The standard InChI is InChI=1S/C17H22N6O5/c1-2-22-9-12(15(21-22)17(27)18-8-11-4-3-7-28-11)20-16(26)13-5-6-19-23(13)10-14(24)25/h5-6,9,11H,2-4,7-8,10H2,1H3,(H,18,27)(H,20,26)(H,24,25). The van der Waals surface area contributed by atoms with Gasteiger partial charge in [0.15, 0.2) is 5.69 Å². The molecule has 0 aliphatic carbocycles. The van der Waals surface area contributed by atoms with Gasteiger partial charge in [-0.2, -0.15) is 10.2 Å². The van der Waals surface area contributed by atoms with Crippen molar-refractivity contribution in [3.8, 4) is 0 Å². The van der Waals surface area contributed by atoms with E-state index in [-0.39, 0.29) is 23.2 Å². The summed E-state index contributed by atoms with van der Waals surface area (Å²) in [6.45, 7) is 2.99. The first-order chi connectivity index (χ1) is 13.5. The van der Waals surface area contributed by atoms with Gasteiger partial charge in [0.25, 0.3) is 11.8 Å². The van der Waals surface area contributed by atoms with Crippen LogP contribution in [0.2, 0.25) is 0 Å². The number of carboxylic acid groups (broad SMARTS) is 1. The molecule has 1 unspecified atom stereocenters. The van der Waals surface area contributed by atoms with Gasteiger partial charge in [0.1, 0.15) is 12.2 Å². The molecule has 0 saturated carbocycles. The summed E-state index contributed by atoms with van der Waals surface area (Å²) < 4.78 is 8.09. The van der Waals surface area contributed by atoms with Gasteiger partial charge in [-0.1, -0.05) is 0 Å². The number of aromatic nitrogens is 4. The summed E-state index contributed by atoms with van der Waals surface area (Å²) in [4.78, 5) is 36.0. The first kappa shape index (κ1) is 19.5. The van der Waals surface area contributed by atoms with E-state index >= 15 is 0 Å². The Morgan fingerprint density at radius 2 is 2.18 bits per heavy atom. The molecule has 11 nitrogen and oxygen atoms in total. The van der Waals surface area contributed by atoms with Gasteiger partial charge in [-0.3, -0.25) is 19.1 Å². The SMILES string of the molecule is CCn1cc(NC(=O)c2ccnn2CC(=O)O)c(C(=O)NCC2CCCO2)n1. The van der Waals surface area contributed by atoms with Crippen molar-refractivity contribution in [1.29, 1.82) is 0 Å². The maximum atomic E-state index is 12.6. The van der Waals surface area contributed by atoms with Crippen LogP contribution in [0.4, 0.5) is 5.69 Å². The van der Waals surface area contributed by atoms with Gasteiger partial charge in [0.2, 0.25) is 0 Å². The summed E-state index contributed by atoms with van der Waals surface area (Å²) in [7, 11) is 0. The molecule has 28 heavy (non-hydrogen) atoms. The van der Waals surface area contributed by atoms with Gasteiger partial charge in [-0.25, -0.2) is 4.68 Å². The van der Waals surface area contributed by atoms with Crippen molar-refractivity contribution in [3.05, 3.63) is 29.8 Å². The lowest BCUT2D eigenvalue weighted by Crippen LogP contribution is -2.32. The van der Waals surface area contributed by atoms with Crippen LogP contribution in [-0.2, 0) is 22.6 Å². The van der Waals surface area contributed by atoms with Gasteiger partial charge in [-0.05, 0) is 25.8 Å². The van der Waals surface area contributed by atoms with Crippen LogP contribution in [0.15, 0.2) is 18.5 Å². The summed E-state index contributed by atoms with van der Waals surface area (Å²) in [5.74, 6) is -2.12. The molecular weight excluding hydrogens is 368 g/mol. The average molecular weight is 390 g/mol. The third kappa shape index (κ3) is 4.55. The maximum Gasteiger partial charge on any atom is 0.325 e. The molecule has 1 aliphatic rings. The molecule has 0 spiro atoms. The molecular formula is C17H22N6O5. The highest BCUT2D eigenvalue weighted by Crippen LogP contribution is 2.16. The second-order valence-corrected chi connectivity index (χ2v) is 6.31. The quantitative estimate of drug-likeness (QED) is 0.590. The average Bonchev–Trinajstić information content (AvgIpc) is 3.40. The Bertz CT molecular complexity index is 867. The summed E-state index contributed by atoms with van der Waals surface area (Å²) >= 11 is 0. The minimum atomic E-state index is -1.12. The predicted octanol–water partition coefficient (Wildman–Crippen LogP) is 0.345. The fraction of sp³-hybridized carbons (Fsp3) is 0.471. The number of aliphatic carboxylic acids is 1. The summed E-state index contributed by atoms with van der Waals surface area (Å²) in [6, 6.07) is 1.40. The number of hydrogen-bond acceptors (Lipinski definition) is 6. The Morgan fingerprint density at radius 3 is 2.86 bits per heavy atom. The number of carboxylic acids is 1. The van der Waals surface area contributed by atoms with Crippen molar-refractivity contribution in [1.82, 2.24) is 24.9 Å². The first-order valence-corrected chi connectivity index (χ1v) is 9.00. The number of aryl methyl sites for hydroxylation is 1. The number of ether oxygens (including phenoxy) is 1. The molecule has 11 heteroatoms. The van der Waals surface area contributed by atoms with E-state index in [1.165, 1.54) is 16.9 Å². The number of rotatable bonds is 8. The van der Waals surface area contributed by atoms with Crippen LogP contribution >= 0.6 is 0 Å². The van der Waals surface area contributed by atoms with E-state index in [9.17, 15) is 14.4 Å². The second kappa shape index (κ2) is 8.65. The largest absolute Gasteiger partial charge is 0.480 e. The van der Waals surface area contributed by atoms with E-state index in [0.717, 1.165) is 17.5 Å². The molecule has 2 aromatic rings. The van der Waals surface area contributed by atoms with Crippen LogP contribution < -0.4 is 10.6 Å². The number of carbonyl (C=O) groups is 3. The van der Waals surface area contributed by atoms with Crippen molar-refractivity contribution in [3.63, 3.8) is 0 Å². The molecule has 0 bridgehead atoms. The van der Waals surface area contributed by atoms with Crippen molar-refractivity contribution in [2.24, 2.45) is 0 Å². The van der Waals surface area contributed by atoms with Gasteiger partial charge >= 0.3 is 5.97 Å². The van der Waals surface area contributed by atoms with E-state index in [0.29, 0.717) is 19.7 Å². The molecule has 1 fully saturated rings. The zero-order valence-electron chi connectivity index (χ0n) is 15.4. The Morgan fingerprint density at radius 1 is 1.36 bits per heavy atom. The highest BCUT2D eigenvalue weighted by atomic mass is 16.5. The summed E-state index contributed by atoms with van der Waals surface area (Å²) in [5.41, 5.74) is 0.384. The molecule has 2 aromatic heterocycles. The monoisotopic (exact) mass is 390 g/mol.